The van der Waals surface area contributed by atoms with Gasteiger partial charge < -0.3 is 0 Å². The molecule has 5 nitrogen and oxygen atoms in total. The van der Waals surface area contributed by atoms with Crippen LogP contribution < -0.4 is 0 Å². The summed E-state index contributed by atoms with van der Waals surface area (Å²) in [6.07, 6.45) is 1.11. The SMILES string of the molecule is CCCC(C#N)C(=O)c1cc(Cl)cc([N+](=O)[O-])c1. The van der Waals surface area contributed by atoms with E-state index in [0.29, 0.717) is 12.8 Å². The van der Waals surface area contributed by atoms with Crippen molar-refractivity contribution < 1.29 is 9.72 Å². The van der Waals surface area contributed by atoms with Crippen molar-refractivity contribution in [1.82, 2.24) is 0 Å². The summed E-state index contributed by atoms with van der Waals surface area (Å²) in [5.41, 5.74) is -0.145. The van der Waals surface area contributed by atoms with E-state index in [-0.39, 0.29) is 16.3 Å². The van der Waals surface area contributed by atoms with Gasteiger partial charge >= 0.3 is 0 Å². The maximum atomic E-state index is 12.0. The number of Topliss-reactive ketones (excluding diaryl/α,β-unsaturated/α-hetero) is 1. The Kier molecular flexibility index (Phi) is 4.81. The van der Waals surface area contributed by atoms with Gasteiger partial charge in [-0.15, -0.1) is 0 Å². The molecule has 1 rings (SSSR count). The first-order valence-electron chi connectivity index (χ1n) is 5.38. The van der Waals surface area contributed by atoms with E-state index in [1.54, 1.807) is 0 Å². The highest BCUT2D eigenvalue weighted by Crippen LogP contribution is 2.23. The number of hydrogen-bond donors (Lipinski definition) is 0. The smallest absolute Gasteiger partial charge is 0.271 e. The molecule has 0 spiro atoms. The minimum atomic E-state index is -0.784. The Hall–Kier alpha value is -1.93. The molecule has 0 saturated carbocycles. The number of rotatable bonds is 5. The van der Waals surface area contributed by atoms with Crippen LogP contribution in [-0.4, -0.2) is 10.7 Å². The zero-order valence-electron chi connectivity index (χ0n) is 9.72. The van der Waals surface area contributed by atoms with Gasteiger partial charge in [0.25, 0.3) is 5.69 Å². The summed E-state index contributed by atoms with van der Waals surface area (Å²) in [6, 6.07) is 5.56. The standard InChI is InChI=1S/C12H11ClN2O3/c1-2-3-8(7-14)12(16)9-4-10(13)6-11(5-9)15(17)18/h4-6,8H,2-3H2,1H3. The minimum absolute atomic E-state index is 0.106. The number of ketones is 1. The van der Waals surface area contributed by atoms with Gasteiger partial charge in [-0.3, -0.25) is 14.9 Å². The average molecular weight is 267 g/mol. The van der Waals surface area contributed by atoms with Gasteiger partial charge in [0.2, 0.25) is 0 Å². The number of halogens is 1. The molecule has 0 aliphatic rings. The predicted octanol–water partition coefficient (Wildman–Crippen LogP) is 3.37. The molecule has 1 atom stereocenters. The number of nitriles is 1. The fraction of sp³-hybridized carbons (Fsp3) is 0.333. The fourth-order valence-corrected chi connectivity index (χ4v) is 1.80. The Balaban J connectivity index is 3.13. The third-order valence-electron chi connectivity index (χ3n) is 2.43. The molecular weight excluding hydrogens is 256 g/mol. The van der Waals surface area contributed by atoms with Crippen LogP contribution in [0, 0.1) is 27.4 Å². The Morgan fingerprint density at radius 3 is 2.72 bits per heavy atom. The van der Waals surface area contributed by atoms with Crippen molar-refractivity contribution in [3.63, 3.8) is 0 Å². The highest BCUT2D eigenvalue weighted by Gasteiger charge is 2.21. The number of nitro groups is 1. The van der Waals surface area contributed by atoms with Crippen LogP contribution in [0.15, 0.2) is 18.2 Å². The second-order valence-electron chi connectivity index (χ2n) is 3.79. The van der Waals surface area contributed by atoms with E-state index in [1.165, 1.54) is 12.1 Å². The molecular formula is C12H11ClN2O3. The fourth-order valence-electron chi connectivity index (χ4n) is 1.57. The molecule has 0 amide bonds. The highest BCUT2D eigenvalue weighted by molar-refractivity contribution is 6.31. The van der Waals surface area contributed by atoms with E-state index in [2.05, 4.69) is 0 Å². The van der Waals surface area contributed by atoms with Gasteiger partial charge in [0, 0.05) is 22.7 Å². The number of nitrogens with zero attached hydrogens (tertiary/aromatic N) is 2. The third-order valence-corrected chi connectivity index (χ3v) is 2.65. The lowest BCUT2D eigenvalue weighted by molar-refractivity contribution is -0.384. The molecule has 0 N–H and O–H groups in total. The van der Waals surface area contributed by atoms with Crippen molar-refractivity contribution in [1.29, 1.82) is 5.26 Å². The molecule has 0 aromatic heterocycles. The van der Waals surface area contributed by atoms with E-state index in [0.717, 1.165) is 6.07 Å². The van der Waals surface area contributed by atoms with Crippen molar-refractivity contribution in [2.45, 2.75) is 19.8 Å². The lowest BCUT2D eigenvalue weighted by atomic mass is 9.94. The van der Waals surface area contributed by atoms with Gasteiger partial charge in [0.15, 0.2) is 5.78 Å². The number of hydrogen-bond acceptors (Lipinski definition) is 4. The van der Waals surface area contributed by atoms with E-state index < -0.39 is 16.6 Å². The number of non-ortho nitro benzene ring substituents is 1. The Labute approximate surface area is 109 Å². The Morgan fingerprint density at radius 1 is 1.56 bits per heavy atom. The molecule has 0 heterocycles. The van der Waals surface area contributed by atoms with Crippen LogP contribution in [-0.2, 0) is 0 Å². The van der Waals surface area contributed by atoms with Gasteiger partial charge in [-0.1, -0.05) is 24.9 Å². The molecule has 0 aliphatic heterocycles. The van der Waals surface area contributed by atoms with Crippen molar-refractivity contribution in [2.24, 2.45) is 5.92 Å². The van der Waals surface area contributed by atoms with Crippen LogP contribution in [0.2, 0.25) is 5.02 Å². The summed E-state index contributed by atoms with van der Waals surface area (Å²) in [7, 11) is 0. The summed E-state index contributed by atoms with van der Waals surface area (Å²) in [5, 5.41) is 19.7. The van der Waals surface area contributed by atoms with E-state index in [9.17, 15) is 14.9 Å². The molecule has 1 unspecified atom stereocenters. The van der Waals surface area contributed by atoms with Crippen LogP contribution in [0.1, 0.15) is 30.1 Å². The molecule has 1 aromatic carbocycles. The maximum Gasteiger partial charge on any atom is 0.271 e. The average Bonchev–Trinajstić information content (AvgIpc) is 2.34. The number of nitro benzene ring substituents is 1. The number of carbonyl (C=O) groups excluding carboxylic acids is 1. The van der Waals surface area contributed by atoms with Crippen LogP contribution in [0.25, 0.3) is 0 Å². The largest absolute Gasteiger partial charge is 0.293 e. The molecule has 0 aliphatic carbocycles. The minimum Gasteiger partial charge on any atom is -0.293 e. The first kappa shape index (κ1) is 14.1. The van der Waals surface area contributed by atoms with Gasteiger partial charge in [0.1, 0.15) is 5.92 Å². The summed E-state index contributed by atoms with van der Waals surface area (Å²) in [5.74, 6) is -1.21. The summed E-state index contributed by atoms with van der Waals surface area (Å²) >= 11 is 5.72. The number of carbonyl (C=O) groups is 1. The normalized spacial score (nSPS) is 11.6. The van der Waals surface area contributed by atoms with Crippen LogP contribution in [0.4, 0.5) is 5.69 Å². The van der Waals surface area contributed by atoms with E-state index >= 15 is 0 Å². The Bertz CT molecular complexity index is 523. The van der Waals surface area contributed by atoms with Crippen molar-refractivity contribution >= 4 is 23.1 Å². The molecule has 1 aromatic rings. The molecule has 0 radical (unpaired) electrons. The topological polar surface area (TPSA) is 84.0 Å². The maximum absolute atomic E-state index is 12.0. The van der Waals surface area contributed by atoms with Crippen LogP contribution >= 0.6 is 11.6 Å². The lowest BCUT2D eigenvalue weighted by Crippen LogP contribution is -2.13. The second-order valence-corrected chi connectivity index (χ2v) is 4.23. The monoisotopic (exact) mass is 266 g/mol. The second kappa shape index (κ2) is 6.12. The predicted molar refractivity (Wildman–Crippen MR) is 66.4 cm³/mol. The molecule has 0 fully saturated rings. The Morgan fingerprint density at radius 2 is 2.22 bits per heavy atom. The van der Waals surface area contributed by atoms with Crippen molar-refractivity contribution in [2.75, 3.05) is 0 Å². The van der Waals surface area contributed by atoms with Crippen molar-refractivity contribution in [3.05, 3.63) is 38.9 Å². The first-order valence-corrected chi connectivity index (χ1v) is 5.76. The quantitative estimate of drug-likeness (QED) is 0.465. The summed E-state index contributed by atoms with van der Waals surface area (Å²) in [6.45, 7) is 1.86. The zero-order valence-corrected chi connectivity index (χ0v) is 10.5. The van der Waals surface area contributed by atoms with Gasteiger partial charge in [-0.25, -0.2) is 0 Å². The zero-order chi connectivity index (χ0) is 13.7. The van der Waals surface area contributed by atoms with Gasteiger partial charge in [-0.05, 0) is 12.5 Å². The molecule has 6 heteroatoms. The molecule has 0 bridgehead atoms. The van der Waals surface area contributed by atoms with Gasteiger partial charge in [0.05, 0.1) is 11.0 Å². The van der Waals surface area contributed by atoms with Crippen LogP contribution in [0.3, 0.4) is 0 Å². The van der Waals surface area contributed by atoms with E-state index in [1.807, 2.05) is 13.0 Å². The third kappa shape index (κ3) is 3.28. The summed E-state index contributed by atoms with van der Waals surface area (Å²) in [4.78, 5) is 22.0. The first-order chi connectivity index (χ1) is 8.49. The highest BCUT2D eigenvalue weighted by atomic mass is 35.5. The summed E-state index contributed by atoms with van der Waals surface area (Å²) < 4.78 is 0. The van der Waals surface area contributed by atoms with Crippen molar-refractivity contribution in [3.8, 4) is 6.07 Å². The molecule has 18 heavy (non-hydrogen) atoms. The molecule has 94 valence electrons. The number of benzene rings is 1. The van der Waals surface area contributed by atoms with Crippen LogP contribution in [0.5, 0.6) is 0 Å². The molecule has 0 saturated heterocycles. The lowest BCUT2D eigenvalue weighted by Gasteiger charge is -2.06. The van der Waals surface area contributed by atoms with Gasteiger partial charge in [-0.2, -0.15) is 5.26 Å². The van der Waals surface area contributed by atoms with E-state index in [4.69, 9.17) is 16.9 Å².